The summed E-state index contributed by atoms with van der Waals surface area (Å²) in [7, 11) is 3.08. The topological polar surface area (TPSA) is 107 Å². The van der Waals surface area contributed by atoms with Gasteiger partial charge in [0.05, 0.1) is 27.0 Å². The maximum atomic E-state index is 12.2. The maximum absolute atomic E-state index is 12.2. The highest BCUT2D eigenvalue weighted by Gasteiger charge is 2.27. The number of amides is 2. The van der Waals surface area contributed by atoms with E-state index in [1.807, 2.05) is 6.07 Å². The highest BCUT2D eigenvalue weighted by Crippen LogP contribution is 2.30. The van der Waals surface area contributed by atoms with Gasteiger partial charge < -0.3 is 24.3 Å². The molecule has 29 heavy (non-hydrogen) atoms. The summed E-state index contributed by atoms with van der Waals surface area (Å²) in [6.45, 7) is -0.175. The molecule has 1 aliphatic heterocycles. The van der Waals surface area contributed by atoms with Gasteiger partial charge in [-0.05, 0) is 35.9 Å². The minimum absolute atomic E-state index is 0.0714. The van der Waals surface area contributed by atoms with Crippen molar-refractivity contribution in [2.75, 3.05) is 27.4 Å². The first kappa shape index (κ1) is 20.0. The number of carbonyl (C=O) groups excluding carboxylic acids is 2. The van der Waals surface area contributed by atoms with Gasteiger partial charge in [-0.15, -0.1) is 0 Å². The Bertz CT molecular complexity index is 915. The van der Waals surface area contributed by atoms with E-state index in [4.69, 9.17) is 18.9 Å². The molecule has 0 fully saturated rings. The molecule has 0 bridgehead atoms. The first-order valence-electron chi connectivity index (χ1n) is 8.81. The molecule has 9 heteroatoms. The van der Waals surface area contributed by atoms with E-state index in [1.165, 1.54) is 13.3 Å². The predicted octanol–water partition coefficient (Wildman–Crippen LogP) is 1.11. The highest BCUT2D eigenvalue weighted by molar-refractivity contribution is 5.88. The van der Waals surface area contributed by atoms with Gasteiger partial charge in [0.15, 0.2) is 23.0 Å². The average molecular weight is 399 g/mol. The van der Waals surface area contributed by atoms with Crippen LogP contribution in [-0.4, -0.2) is 51.5 Å². The van der Waals surface area contributed by atoms with Crippen molar-refractivity contribution in [3.8, 4) is 23.0 Å². The van der Waals surface area contributed by atoms with Gasteiger partial charge in [0.25, 0.3) is 11.8 Å². The average Bonchev–Trinajstić information content (AvgIpc) is 2.76. The van der Waals surface area contributed by atoms with Gasteiger partial charge >= 0.3 is 0 Å². The molecule has 1 atom stereocenters. The van der Waals surface area contributed by atoms with Gasteiger partial charge in [0, 0.05) is 0 Å². The Morgan fingerprint density at radius 2 is 1.90 bits per heavy atom. The molecule has 0 aromatic heterocycles. The van der Waals surface area contributed by atoms with Gasteiger partial charge in [-0.25, -0.2) is 5.43 Å². The third-order valence-corrected chi connectivity index (χ3v) is 4.03. The van der Waals surface area contributed by atoms with Crippen LogP contribution >= 0.6 is 0 Å². The number of para-hydroxylation sites is 2. The van der Waals surface area contributed by atoms with Crippen molar-refractivity contribution >= 4 is 18.0 Å². The van der Waals surface area contributed by atoms with Crippen LogP contribution in [0.1, 0.15) is 5.56 Å². The Hall–Kier alpha value is -3.75. The van der Waals surface area contributed by atoms with Crippen molar-refractivity contribution in [3.63, 3.8) is 0 Å². The van der Waals surface area contributed by atoms with Crippen LogP contribution in [0, 0.1) is 0 Å². The number of carbonyl (C=O) groups is 2. The molecule has 2 amide bonds. The third-order valence-electron chi connectivity index (χ3n) is 4.03. The Morgan fingerprint density at radius 1 is 1.14 bits per heavy atom. The lowest BCUT2D eigenvalue weighted by Gasteiger charge is -2.25. The van der Waals surface area contributed by atoms with Gasteiger partial charge in [-0.1, -0.05) is 12.1 Å². The van der Waals surface area contributed by atoms with E-state index in [-0.39, 0.29) is 13.2 Å². The monoisotopic (exact) mass is 399 g/mol. The van der Waals surface area contributed by atoms with E-state index in [9.17, 15) is 9.59 Å². The fraction of sp³-hybridized carbons (Fsp3) is 0.250. The molecule has 2 N–H and O–H groups in total. The molecule has 3 rings (SSSR count). The Balaban J connectivity index is 1.45. The summed E-state index contributed by atoms with van der Waals surface area (Å²) in [5.74, 6) is 1.28. The number of nitrogens with one attached hydrogen (secondary N) is 2. The maximum Gasteiger partial charge on any atom is 0.265 e. The molecule has 152 valence electrons. The van der Waals surface area contributed by atoms with Crippen molar-refractivity contribution in [2.24, 2.45) is 5.10 Å². The Labute approximate surface area is 167 Å². The molecule has 2 aromatic rings. The van der Waals surface area contributed by atoms with Gasteiger partial charge in [0.2, 0.25) is 6.10 Å². The summed E-state index contributed by atoms with van der Waals surface area (Å²) in [6.07, 6.45) is 0.629. The van der Waals surface area contributed by atoms with Gasteiger partial charge in [0.1, 0.15) is 6.61 Å². The number of benzene rings is 2. The molecule has 0 saturated carbocycles. The van der Waals surface area contributed by atoms with Crippen LogP contribution in [0.3, 0.4) is 0 Å². The summed E-state index contributed by atoms with van der Waals surface area (Å²) in [5.41, 5.74) is 3.05. The fourth-order valence-corrected chi connectivity index (χ4v) is 2.58. The Kier molecular flexibility index (Phi) is 6.51. The second kappa shape index (κ2) is 9.45. The van der Waals surface area contributed by atoms with Gasteiger partial charge in [-0.2, -0.15) is 5.10 Å². The largest absolute Gasteiger partial charge is 0.493 e. The van der Waals surface area contributed by atoms with Crippen LogP contribution in [-0.2, 0) is 9.59 Å². The van der Waals surface area contributed by atoms with Crippen LogP contribution in [0.5, 0.6) is 23.0 Å². The molecule has 0 aliphatic carbocycles. The second-order valence-corrected chi connectivity index (χ2v) is 5.99. The summed E-state index contributed by atoms with van der Waals surface area (Å²) in [5, 5.41) is 6.36. The molecule has 1 heterocycles. The lowest BCUT2D eigenvalue weighted by Crippen LogP contribution is -2.46. The van der Waals surface area contributed by atoms with Crippen LogP contribution in [0.2, 0.25) is 0 Å². The summed E-state index contributed by atoms with van der Waals surface area (Å²) in [4.78, 5) is 24.1. The van der Waals surface area contributed by atoms with Crippen molar-refractivity contribution in [2.45, 2.75) is 6.10 Å². The number of hydrogen-bond donors (Lipinski definition) is 2. The van der Waals surface area contributed by atoms with E-state index in [0.717, 1.165) is 0 Å². The summed E-state index contributed by atoms with van der Waals surface area (Å²) in [6, 6.07) is 12.3. The summed E-state index contributed by atoms with van der Waals surface area (Å²) >= 11 is 0. The lowest BCUT2D eigenvalue weighted by atomic mass is 10.2. The number of rotatable bonds is 7. The van der Waals surface area contributed by atoms with Crippen LogP contribution in [0.15, 0.2) is 47.6 Å². The van der Waals surface area contributed by atoms with Crippen LogP contribution in [0.25, 0.3) is 0 Å². The molecular formula is C20H21N3O6. The quantitative estimate of drug-likeness (QED) is 0.534. The lowest BCUT2D eigenvalue weighted by molar-refractivity contribution is -0.132. The molecule has 9 nitrogen and oxygen atoms in total. The molecule has 1 aliphatic rings. The van der Waals surface area contributed by atoms with E-state index < -0.39 is 17.9 Å². The first-order valence-corrected chi connectivity index (χ1v) is 8.81. The number of fused-ring (bicyclic) bond motifs is 1. The zero-order valence-electron chi connectivity index (χ0n) is 16.0. The summed E-state index contributed by atoms with van der Waals surface area (Å²) < 4.78 is 21.4. The molecule has 2 aromatic carbocycles. The molecule has 0 radical (unpaired) electrons. The molecule has 0 saturated heterocycles. The number of nitrogens with zero attached hydrogens (tertiary/aromatic N) is 1. The molecule has 0 spiro atoms. The SMILES string of the molecule is COc1ccc(C=NNC(=O)CNC(=O)C2COc3ccccc3O2)cc1OC. The highest BCUT2D eigenvalue weighted by atomic mass is 16.6. The third kappa shape index (κ3) is 5.16. The zero-order valence-corrected chi connectivity index (χ0v) is 16.0. The van der Waals surface area contributed by atoms with E-state index in [0.29, 0.717) is 28.6 Å². The minimum Gasteiger partial charge on any atom is -0.493 e. The van der Waals surface area contributed by atoms with Crippen molar-refractivity contribution in [1.29, 1.82) is 0 Å². The van der Waals surface area contributed by atoms with Crippen LogP contribution in [0.4, 0.5) is 0 Å². The first-order chi connectivity index (χ1) is 14.1. The van der Waals surface area contributed by atoms with E-state index in [2.05, 4.69) is 15.8 Å². The predicted molar refractivity (Wildman–Crippen MR) is 105 cm³/mol. The number of hydrazone groups is 1. The number of ether oxygens (including phenoxy) is 4. The zero-order chi connectivity index (χ0) is 20.6. The number of methoxy groups -OCH3 is 2. The fourth-order valence-electron chi connectivity index (χ4n) is 2.58. The second-order valence-electron chi connectivity index (χ2n) is 5.99. The van der Waals surface area contributed by atoms with E-state index >= 15 is 0 Å². The smallest absolute Gasteiger partial charge is 0.265 e. The van der Waals surface area contributed by atoms with E-state index in [1.54, 1.807) is 43.5 Å². The number of hydrogen-bond acceptors (Lipinski definition) is 7. The normalized spacial score (nSPS) is 14.9. The molecular weight excluding hydrogens is 378 g/mol. The standard InChI is InChI=1S/C20H21N3O6/c1-26-14-8-7-13(9-17(14)27-2)10-22-23-19(24)11-21-20(25)18-12-28-15-5-3-4-6-16(15)29-18/h3-10,18H,11-12H2,1-2H3,(H,21,25)(H,23,24). The van der Waals surface area contributed by atoms with Crippen molar-refractivity contribution < 1.29 is 28.5 Å². The Morgan fingerprint density at radius 3 is 2.66 bits per heavy atom. The van der Waals surface area contributed by atoms with Crippen molar-refractivity contribution in [1.82, 2.24) is 10.7 Å². The van der Waals surface area contributed by atoms with Crippen LogP contribution < -0.4 is 29.7 Å². The van der Waals surface area contributed by atoms with Gasteiger partial charge in [-0.3, -0.25) is 9.59 Å². The minimum atomic E-state index is -0.826. The van der Waals surface area contributed by atoms with Crippen molar-refractivity contribution in [3.05, 3.63) is 48.0 Å². The molecule has 1 unspecified atom stereocenters.